The SMILES string of the molecule is COc1ccccc1[C@H]1CN2C(=O)CNC(=O)[C@]2(C)c2[nH]c3ccccc3c21. The number of aromatic amines is 1. The molecule has 2 aliphatic rings. The van der Waals surface area contributed by atoms with Crippen LogP contribution in [0.1, 0.15) is 29.7 Å². The van der Waals surface area contributed by atoms with E-state index < -0.39 is 5.54 Å². The number of carbonyl (C=O) groups excluding carboxylic acids is 2. The van der Waals surface area contributed by atoms with Gasteiger partial charge in [-0.15, -0.1) is 0 Å². The van der Waals surface area contributed by atoms with E-state index in [0.717, 1.165) is 33.5 Å². The lowest BCUT2D eigenvalue weighted by atomic mass is 9.76. The summed E-state index contributed by atoms with van der Waals surface area (Å²) in [5.74, 6) is 0.455. The van der Waals surface area contributed by atoms with Gasteiger partial charge in [0.05, 0.1) is 19.3 Å². The average molecular weight is 375 g/mol. The molecule has 6 heteroatoms. The summed E-state index contributed by atoms with van der Waals surface area (Å²) < 4.78 is 5.62. The Kier molecular flexibility index (Phi) is 3.53. The van der Waals surface area contributed by atoms with Gasteiger partial charge in [-0.05, 0) is 24.6 Å². The number of hydrogen-bond donors (Lipinski definition) is 2. The molecule has 3 heterocycles. The van der Waals surface area contributed by atoms with Crippen LogP contribution >= 0.6 is 0 Å². The van der Waals surface area contributed by atoms with Gasteiger partial charge in [-0.2, -0.15) is 0 Å². The number of amides is 2. The Labute approximate surface area is 162 Å². The molecule has 0 unspecified atom stereocenters. The summed E-state index contributed by atoms with van der Waals surface area (Å²) in [6.45, 7) is 2.28. The van der Waals surface area contributed by atoms with E-state index in [1.807, 2.05) is 49.4 Å². The summed E-state index contributed by atoms with van der Waals surface area (Å²) in [7, 11) is 1.65. The Morgan fingerprint density at radius 2 is 1.86 bits per heavy atom. The predicted octanol–water partition coefficient (Wildman–Crippen LogP) is 2.50. The van der Waals surface area contributed by atoms with E-state index in [0.29, 0.717) is 6.54 Å². The predicted molar refractivity (Wildman–Crippen MR) is 105 cm³/mol. The van der Waals surface area contributed by atoms with E-state index >= 15 is 0 Å². The van der Waals surface area contributed by atoms with Crippen molar-refractivity contribution in [2.45, 2.75) is 18.4 Å². The Morgan fingerprint density at radius 3 is 2.68 bits per heavy atom. The maximum atomic E-state index is 13.0. The maximum absolute atomic E-state index is 13.0. The van der Waals surface area contributed by atoms with E-state index in [2.05, 4.69) is 16.4 Å². The number of rotatable bonds is 2. The third-order valence-corrected chi connectivity index (χ3v) is 6.14. The number of methoxy groups -OCH3 is 1. The number of benzene rings is 2. The van der Waals surface area contributed by atoms with Gasteiger partial charge in [-0.1, -0.05) is 36.4 Å². The number of hydrogen-bond acceptors (Lipinski definition) is 3. The second-order valence-electron chi connectivity index (χ2n) is 7.51. The Hall–Kier alpha value is -3.28. The molecule has 5 rings (SSSR count). The van der Waals surface area contributed by atoms with Crippen LogP contribution in [0.5, 0.6) is 5.75 Å². The summed E-state index contributed by atoms with van der Waals surface area (Å²) >= 11 is 0. The number of fused-ring (bicyclic) bond motifs is 5. The number of aromatic nitrogens is 1. The van der Waals surface area contributed by atoms with Crippen molar-refractivity contribution in [3.05, 3.63) is 65.4 Å². The van der Waals surface area contributed by atoms with Crippen molar-refractivity contribution in [2.75, 3.05) is 20.2 Å². The van der Waals surface area contributed by atoms with E-state index in [1.54, 1.807) is 12.0 Å². The second kappa shape index (κ2) is 5.86. The minimum absolute atomic E-state index is 0.0304. The third kappa shape index (κ3) is 2.08. The van der Waals surface area contributed by atoms with Gasteiger partial charge in [0.15, 0.2) is 5.54 Å². The van der Waals surface area contributed by atoms with Crippen LogP contribution in [0.3, 0.4) is 0 Å². The first-order valence-electron chi connectivity index (χ1n) is 9.38. The highest BCUT2D eigenvalue weighted by Gasteiger charge is 2.54. The molecule has 1 fully saturated rings. The number of ether oxygens (including phenoxy) is 1. The molecule has 0 aliphatic carbocycles. The number of nitrogens with one attached hydrogen (secondary N) is 2. The first kappa shape index (κ1) is 16.9. The fourth-order valence-electron chi connectivity index (χ4n) is 4.72. The van der Waals surface area contributed by atoms with Crippen molar-refractivity contribution in [3.8, 4) is 5.75 Å². The van der Waals surface area contributed by atoms with Gasteiger partial charge in [0.25, 0.3) is 5.91 Å². The fraction of sp³-hybridized carbons (Fsp3) is 0.273. The van der Waals surface area contributed by atoms with Crippen molar-refractivity contribution in [2.24, 2.45) is 0 Å². The molecule has 2 N–H and O–H groups in total. The van der Waals surface area contributed by atoms with E-state index in [1.165, 1.54) is 0 Å². The van der Waals surface area contributed by atoms with Gasteiger partial charge < -0.3 is 19.9 Å². The van der Waals surface area contributed by atoms with Crippen molar-refractivity contribution in [3.63, 3.8) is 0 Å². The van der Waals surface area contributed by atoms with Gasteiger partial charge in [0.2, 0.25) is 5.91 Å². The molecule has 0 saturated carbocycles. The van der Waals surface area contributed by atoms with Gasteiger partial charge in [0, 0.05) is 28.9 Å². The van der Waals surface area contributed by atoms with Crippen LogP contribution in [0.15, 0.2) is 48.5 Å². The standard InChI is InChI=1S/C22H21N3O3/c1-22-20-19(14-8-3-5-9-16(14)24-20)15(13-7-4-6-10-17(13)28-2)12-25(22)18(26)11-23-21(22)27/h3-10,15,24H,11-12H2,1-2H3,(H,23,27)/t15-,22+/m1/s1. The van der Waals surface area contributed by atoms with Gasteiger partial charge in [-0.25, -0.2) is 0 Å². The van der Waals surface area contributed by atoms with Crippen LogP contribution in [-0.2, 0) is 15.1 Å². The van der Waals surface area contributed by atoms with E-state index in [9.17, 15) is 9.59 Å². The minimum Gasteiger partial charge on any atom is -0.496 e. The van der Waals surface area contributed by atoms with Crippen molar-refractivity contribution < 1.29 is 14.3 Å². The number of piperazine rings is 1. The quantitative estimate of drug-likeness (QED) is 0.723. The third-order valence-electron chi connectivity index (χ3n) is 6.14. The Bertz CT molecular complexity index is 1120. The maximum Gasteiger partial charge on any atom is 0.252 e. The summed E-state index contributed by atoms with van der Waals surface area (Å²) in [6, 6.07) is 15.9. The van der Waals surface area contributed by atoms with Crippen LogP contribution in [0.4, 0.5) is 0 Å². The highest BCUT2D eigenvalue weighted by molar-refractivity contribution is 6.01. The molecule has 0 spiro atoms. The van der Waals surface area contributed by atoms with Crippen LogP contribution in [0.2, 0.25) is 0 Å². The first-order valence-corrected chi connectivity index (χ1v) is 9.38. The molecule has 3 aromatic rings. The van der Waals surface area contributed by atoms with E-state index in [-0.39, 0.29) is 24.3 Å². The molecule has 142 valence electrons. The molecule has 2 atom stereocenters. The van der Waals surface area contributed by atoms with Crippen molar-refractivity contribution in [1.29, 1.82) is 0 Å². The zero-order chi connectivity index (χ0) is 19.5. The highest BCUT2D eigenvalue weighted by atomic mass is 16.5. The van der Waals surface area contributed by atoms with Crippen LogP contribution < -0.4 is 10.1 Å². The molecular formula is C22H21N3O3. The van der Waals surface area contributed by atoms with E-state index in [4.69, 9.17) is 4.74 Å². The smallest absolute Gasteiger partial charge is 0.252 e. The zero-order valence-electron chi connectivity index (χ0n) is 15.8. The summed E-state index contributed by atoms with van der Waals surface area (Å²) in [6.07, 6.45) is 0. The molecule has 2 aliphatic heterocycles. The van der Waals surface area contributed by atoms with Gasteiger partial charge in [0.1, 0.15) is 5.75 Å². The lowest BCUT2D eigenvalue weighted by Gasteiger charge is -2.48. The topological polar surface area (TPSA) is 74.4 Å². The number of para-hydroxylation sites is 2. The Morgan fingerprint density at radius 1 is 1.11 bits per heavy atom. The van der Waals surface area contributed by atoms with Gasteiger partial charge >= 0.3 is 0 Å². The van der Waals surface area contributed by atoms with Crippen molar-refractivity contribution >= 4 is 22.7 Å². The fourth-order valence-corrected chi connectivity index (χ4v) is 4.72. The molecule has 0 bridgehead atoms. The molecule has 28 heavy (non-hydrogen) atoms. The zero-order valence-corrected chi connectivity index (χ0v) is 15.8. The number of nitrogens with zero attached hydrogens (tertiary/aromatic N) is 1. The average Bonchev–Trinajstić information content (AvgIpc) is 3.12. The lowest BCUT2D eigenvalue weighted by molar-refractivity contribution is -0.154. The molecular weight excluding hydrogens is 354 g/mol. The first-order chi connectivity index (χ1) is 13.6. The van der Waals surface area contributed by atoms with Crippen molar-refractivity contribution in [1.82, 2.24) is 15.2 Å². The molecule has 1 aromatic heterocycles. The highest BCUT2D eigenvalue weighted by Crippen LogP contribution is 2.48. The van der Waals surface area contributed by atoms with Crippen LogP contribution in [0.25, 0.3) is 10.9 Å². The molecule has 2 amide bonds. The van der Waals surface area contributed by atoms with Crippen LogP contribution in [0, 0.1) is 0 Å². The lowest BCUT2D eigenvalue weighted by Crippen LogP contribution is -2.66. The van der Waals surface area contributed by atoms with Crippen LogP contribution in [-0.4, -0.2) is 41.9 Å². The Balaban J connectivity index is 1.83. The minimum atomic E-state index is -1.05. The molecule has 6 nitrogen and oxygen atoms in total. The molecule has 0 radical (unpaired) electrons. The summed E-state index contributed by atoms with van der Waals surface area (Å²) in [5, 5.41) is 3.83. The molecule has 1 saturated heterocycles. The summed E-state index contributed by atoms with van der Waals surface area (Å²) in [5.41, 5.74) is 2.76. The normalized spacial score (nSPS) is 23.9. The molecule has 2 aromatic carbocycles. The monoisotopic (exact) mass is 375 g/mol. The summed E-state index contributed by atoms with van der Waals surface area (Å²) in [4.78, 5) is 30.9. The number of carbonyl (C=O) groups is 2. The van der Waals surface area contributed by atoms with Gasteiger partial charge in [-0.3, -0.25) is 9.59 Å². The number of H-pyrrole nitrogens is 1. The largest absolute Gasteiger partial charge is 0.496 e. The second-order valence-corrected chi connectivity index (χ2v) is 7.51.